The SMILES string of the molecule is CCCNc1cnc(C(=O)Nc2cc(Cl)ccc2Br)cn1. The van der Waals surface area contributed by atoms with Crippen LogP contribution in [0.15, 0.2) is 35.1 Å². The highest BCUT2D eigenvalue weighted by molar-refractivity contribution is 9.10. The predicted molar refractivity (Wildman–Crippen MR) is 87.9 cm³/mol. The molecule has 7 heteroatoms. The van der Waals surface area contributed by atoms with Gasteiger partial charge in [-0.2, -0.15) is 0 Å². The van der Waals surface area contributed by atoms with Crippen LogP contribution in [0.4, 0.5) is 11.5 Å². The van der Waals surface area contributed by atoms with Crippen molar-refractivity contribution in [1.29, 1.82) is 0 Å². The molecular formula is C14H14BrClN4O. The topological polar surface area (TPSA) is 66.9 Å². The summed E-state index contributed by atoms with van der Waals surface area (Å²) in [5.74, 6) is 0.310. The van der Waals surface area contributed by atoms with Crippen molar-refractivity contribution in [2.45, 2.75) is 13.3 Å². The number of anilines is 2. The van der Waals surface area contributed by atoms with Crippen LogP contribution in [-0.4, -0.2) is 22.4 Å². The summed E-state index contributed by atoms with van der Waals surface area (Å²) in [4.78, 5) is 20.3. The summed E-state index contributed by atoms with van der Waals surface area (Å²) in [5.41, 5.74) is 0.825. The lowest BCUT2D eigenvalue weighted by atomic mass is 10.3. The van der Waals surface area contributed by atoms with Crippen molar-refractivity contribution in [3.63, 3.8) is 0 Å². The van der Waals surface area contributed by atoms with E-state index in [1.165, 1.54) is 12.4 Å². The monoisotopic (exact) mass is 368 g/mol. The molecule has 0 aliphatic rings. The molecule has 21 heavy (non-hydrogen) atoms. The average molecular weight is 370 g/mol. The van der Waals surface area contributed by atoms with Crippen LogP contribution in [0.2, 0.25) is 5.02 Å². The van der Waals surface area contributed by atoms with E-state index in [1.54, 1.807) is 18.2 Å². The first kappa shape index (κ1) is 15.7. The molecule has 0 atom stereocenters. The molecule has 110 valence electrons. The Hall–Kier alpha value is -1.66. The Morgan fingerprint density at radius 2 is 2.14 bits per heavy atom. The molecule has 0 unspecified atom stereocenters. The maximum atomic E-state index is 12.1. The Morgan fingerprint density at radius 3 is 2.81 bits per heavy atom. The number of hydrogen-bond acceptors (Lipinski definition) is 4. The molecule has 2 aromatic rings. The van der Waals surface area contributed by atoms with Crippen molar-refractivity contribution in [3.8, 4) is 0 Å². The second kappa shape index (κ2) is 7.38. The Balaban J connectivity index is 2.07. The smallest absolute Gasteiger partial charge is 0.275 e. The second-order valence-corrected chi connectivity index (χ2v) is 5.58. The Bertz CT molecular complexity index is 633. The third kappa shape index (κ3) is 4.41. The maximum Gasteiger partial charge on any atom is 0.275 e. The van der Waals surface area contributed by atoms with E-state index in [1.807, 2.05) is 0 Å². The number of hydrogen-bond donors (Lipinski definition) is 2. The first-order valence-electron chi connectivity index (χ1n) is 6.42. The lowest BCUT2D eigenvalue weighted by Crippen LogP contribution is -2.15. The number of nitrogens with one attached hydrogen (secondary N) is 2. The Labute approximate surface area is 136 Å². The summed E-state index contributed by atoms with van der Waals surface area (Å²) in [6.45, 7) is 2.88. The van der Waals surface area contributed by atoms with Crippen LogP contribution in [0.1, 0.15) is 23.8 Å². The van der Waals surface area contributed by atoms with Gasteiger partial charge >= 0.3 is 0 Å². The molecule has 0 aliphatic carbocycles. The Morgan fingerprint density at radius 1 is 1.33 bits per heavy atom. The summed E-state index contributed by atoms with van der Waals surface area (Å²) in [5, 5.41) is 6.37. The average Bonchev–Trinajstić information content (AvgIpc) is 2.49. The summed E-state index contributed by atoms with van der Waals surface area (Å²) < 4.78 is 0.745. The summed E-state index contributed by atoms with van der Waals surface area (Å²) in [6.07, 6.45) is 3.97. The van der Waals surface area contributed by atoms with E-state index in [0.29, 0.717) is 16.5 Å². The van der Waals surface area contributed by atoms with Crippen molar-refractivity contribution >= 4 is 44.9 Å². The van der Waals surface area contributed by atoms with E-state index in [9.17, 15) is 4.79 Å². The number of benzene rings is 1. The third-order valence-corrected chi connectivity index (χ3v) is 3.54. The molecule has 2 rings (SSSR count). The second-order valence-electron chi connectivity index (χ2n) is 4.29. The minimum Gasteiger partial charge on any atom is -0.369 e. The molecule has 1 aromatic heterocycles. The number of nitrogens with zero attached hydrogens (tertiary/aromatic N) is 2. The minimum absolute atomic E-state index is 0.240. The van der Waals surface area contributed by atoms with Gasteiger partial charge < -0.3 is 10.6 Å². The fourth-order valence-electron chi connectivity index (χ4n) is 1.57. The van der Waals surface area contributed by atoms with Gasteiger partial charge in [0.2, 0.25) is 0 Å². The van der Waals surface area contributed by atoms with Gasteiger partial charge in [-0.3, -0.25) is 4.79 Å². The van der Waals surface area contributed by atoms with E-state index in [0.717, 1.165) is 17.4 Å². The predicted octanol–water partition coefficient (Wildman–Crippen LogP) is 3.97. The van der Waals surface area contributed by atoms with Crippen LogP contribution >= 0.6 is 27.5 Å². The highest BCUT2D eigenvalue weighted by Gasteiger charge is 2.10. The first-order chi connectivity index (χ1) is 10.1. The van der Waals surface area contributed by atoms with E-state index >= 15 is 0 Å². The van der Waals surface area contributed by atoms with Gasteiger partial charge in [0.1, 0.15) is 11.5 Å². The van der Waals surface area contributed by atoms with Crippen molar-refractivity contribution in [2.75, 3.05) is 17.2 Å². The van der Waals surface area contributed by atoms with Crippen LogP contribution in [0.5, 0.6) is 0 Å². The van der Waals surface area contributed by atoms with Crippen LogP contribution in [-0.2, 0) is 0 Å². The summed E-state index contributed by atoms with van der Waals surface area (Å²) >= 11 is 9.26. The van der Waals surface area contributed by atoms with Gasteiger partial charge in [0.15, 0.2) is 0 Å². The molecule has 2 N–H and O–H groups in total. The zero-order valence-electron chi connectivity index (χ0n) is 11.4. The van der Waals surface area contributed by atoms with Crippen molar-refractivity contribution in [2.24, 2.45) is 0 Å². The van der Waals surface area contributed by atoms with Crippen LogP contribution in [0.25, 0.3) is 0 Å². The number of carbonyl (C=O) groups excluding carboxylic acids is 1. The standard InChI is InChI=1S/C14H14BrClN4O/c1-2-5-17-13-8-18-12(7-19-13)14(21)20-11-6-9(16)3-4-10(11)15/h3-4,6-8H,2,5H2,1H3,(H,17,19)(H,20,21). The lowest BCUT2D eigenvalue weighted by Gasteiger charge is -2.08. The van der Waals surface area contributed by atoms with Gasteiger partial charge in [0.05, 0.1) is 18.1 Å². The number of halogens is 2. The normalized spacial score (nSPS) is 10.2. The van der Waals surface area contributed by atoms with E-state index in [2.05, 4.69) is 43.5 Å². The van der Waals surface area contributed by atoms with E-state index in [-0.39, 0.29) is 11.6 Å². The highest BCUT2D eigenvalue weighted by atomic mass is 79.9. The summed E-state index contributed by atoms with van der Waals surface area (Å²) in [6, 6.07) is 5.16. The molecule has 0 aliphatic heterocycles. The summed E-state index contributed by atoms with van der Waals surface area (Å²) in [7, 11) is 0. The van der Waals surface area contributed by atoms with Crippen molar-refractivity contribution in [3.05, 3.63) is 45.8 Å². The van der Waals surface area contributed by atoms with Gasteiger partial charge in [-0.15, -0.1) is 0 Å². The van der Waals surface area contributed by atoms with Gasteiger partial charge in [0, 0.05) is 16.0 Å². The number of carbonyl (C=O) groups is 1. The Kier molecular flexibility index (Phi) is 5.52. The van der Waals surface area contributed by atoms with Gasteiger partial charge in [-0.1, -0.05) is 18.5 Å². The quantitative estimate of drug-likeness (QED) is 0.837. The number of amides is 1. The molecule has 0 fully saturated rings. The molecule has 0 spiro atoms. The molecule has 5 nitrogen and oxygen atoms in total. The fourth-order valence-corrected chi connectivity index (χ4v) is 2.09. The molecule has 0 saturated carbocycles. The number of aromatic nitrogens is 2. The zero-order valence-corrected chi connectivity index (χ0v) is 13.7. The highest BCUT2D eigenvalue weighted by Crippen LogP contribution is 2.26. The van der Waals surface area contributed by atoms with Crippen LogP contribution in [0, 0.1) is 0 Å². The molecule has 0 bridgehead atoms. The van der Waals surface area contributed by atoms with Crippen LogP contribution in [0.3, 0.4) is 0 Å². The number of rotatable bonds is 5. The first-order valence-corrected chi connectivity index (χ1v) is 7.59. The molecule has 1 aromatic carbocycles. The molecule has 0 saturated heterocycles. The molecule has 1 amide bonds. The molecular weight excluding hydrogens is 356 g/mol. The minimum atomic E-state index is -0.340. The van der Waals surface area contributed by atoms with Gasteiger partial charge in [-0.05, 0) is 40.5 Å². The largest absolute Gasteiger partial charge is 0.369 e. The zero-order chi connectivity index (χ0) is 15.2. The maximum absolute atomic E-state index is 12.1. The van der Waals surface area contributed by atoms with Crippen molar-refractivity contribution in [1.82, 2.24) is 9.97 Å². The van der Waals surface area contributed by atoms with Gasteiger partial charge in [-0.25, -0.2) is 9.97 Å². The van der Waals surface area contributed by atoms with Gasteiger partial charge in [0.25, 0.3) is 5.91 Å². The van der Waals surface area contributed by atoms with E-state index in [4.69, 9.17) is 11.6 Å². The molecule has 0 radical (unpaired) electrons. The fraction of sp³-hybridized carbons (Fsp3) is 0.214. The lowest BCUT2D eigenvalue weighted by molar-refractivity contribution is 0.102. The van der Waals surface area contributed by atoms with E-state index < -0.39 is 0 Å². The molecule has 1 heterocycles. The van der Waals surface area contributed by atoms with Crippen molar-refractivity contribution < 1.29 is 4.79 Å². The third-order valence-electron chi connectivity index (χ3n) is 2.62. The van der Waals surface area contributed by atoms with Crippen LogP contribution < -0.4 is 10.6 Å².